The number of hydrogen-bond donors (Lipinski definition) is 1. The standard InChI is InChI=1S/C25H23N3O4S/c1-2-18-31-25-17-16-24(26-27-25)19-8-10-20(11-9-19)28-33(29,30)23-14-12-22(13-15-23)32-21-6-4-3-5-7-21/h3-17,28H,2,18H2,1H3. The van der Waals surface area contributed by atoms with E-state index in [1.807, 2.05) is 43.3 Å². The Morgan fingerprint density at radius 3 is 2.12 bits per heavy atom. The first-order valence-corrected chi connectivity index (χ1v) is 11.9. The van der Waals surface area contributed by atoms with Crippen LogP contribution in [0.4, 0.5) is 5.69 Å². The quantitative estimate of drug-likeness (QED) is 0.353. The molecule has 0 amide bonds. The van der Waals surface area contributed by atoms with Gasteiger partial charge in [0.1, 0.15) is 11.5 Å². The number of aromatic nitrogens is 2. The Balaban J connectivity index is 1.41. The molecule has 3 aromatic carbocycles. The van der Waals surface area contributed by atoms with Crippen molar-refractivity contribution < 1.29 is 17.9 Å². The van der Waals surface area contributed by atoms with Crippen molar-refractivity contribution in [2.24, 2.45) is 0 Å². The highest BCUT2D eigenvalue weighted by Gasteiger charge is 2.14. The van der Waals surface area contributed by atoms with Gasteiger partial charge in [-0.05, 0) is 61.0 Å². The van der Waals surface area contributed by atoms with Crippen molar-refractivity contribution in [3.63, 3.8) is 0 Å². The third-order valence-electron chi connectivity index (χ3n) is 4.64. The fraction of sp³-hybridized carbons (Fsp3) is 0.120. The van der Waals surface area contributed by atoms with Crippen molar-refractivity contribution in [3.8, 4) is 28.6 Å². The number of ether oxygens (including phenoxy) is 2. The lowest BCUT2D eigenvalue weighted by Gasteiger charge is -2.10. The van der Waals surface area contributed by atoms with Crippen molar-refractivity contribution >= 4 is 15.7 Å². The van der Waals surface area contributed by atoms with Crippen molar-refractivity contribution in [1.29, 1.82) is 0 Å². The molecule has 0 fully saturated rings. The number of hydrogen-bond acceptors (Lipinski definition) is 6. The average Bonchev–Trinajstić information content (AvgIpc) is 2.84. The van der Waals surface area contributed by atoms with Gasteiger partial charge in [-0.1, -0.05) is 37.3 Å². The van der Waals surface area contributed by atoms with E-state index in [0.717, 1.165) is 12.0 Å². The fourth-order valence-corrected chi connectivity index (χ4v) is 4.05. The molecule has 0 bridgehead atoms. The molecule has 8 heteroatoms. The Morgan fingerprint density at radius 1 is 0.788 bits per heavy atom. The molecule has 0 aliphatic carbocycles. The molecule has 4 rings (SSSR count). The Kier molecular flexibility index (Phi) is 6.85. The van der Waals surface area contributed by atoms with Crippen LogP contribution in [-0.4, -0.2) is 25.2 Å². The molecule has 0 saturated heterocycles. The molecule has 1 heterocycles. The topological polar surface area (TPSA) is 90.4 Å². The molecule has 7 nitrogen and oxygen atoms in total. The molecule has 0 saturated carbocycles. The third-order valence-corrected chi connectivity index (χ3v) is 6.04. The summed E-state index contributed by atoms with van der Waals surface area (Å²) < 4.78 is 39.3. The van der Waals surface area contributed by atoms with Crippen LogP contribution in [0.2, 0.25) is 0 Å². The molecule has 0 aliphatic heterocycles. The summed E-state index contributed by atoms with van der Waals surface area (Å²) in [6, 6.07) is 26.1. The lowest BCUT2D eigenvalue weighted by Crippen LogP contribution is -2.12. The zero-order valence-electron chi connectivity index (χ0n) is 18.0. The van der Waals surface area contributed by atoms with Gasteiger partial charge in [0.15, 0.2) is 0 Å². The summed E-state index contributed by atoms with van der Waals surface area (Å²) in [5, 5.41) is 8.22. The minimum Gasteiger partial charge on any atom is -0.477 e. The van der Waals surface area contributed by atoms with Gasteiger partial charge in [-0.2, -0.15) is 0 Å². The monoisotopic (exact) mass is 461 g/mol. The Labute approximate surface area is 193 Å². The number of nitrogens with one attached hydrogen (secondary N) is 1. The number of sulfonamides is 1. The van der Waals surface area contributed by atoms with Crippen LogP contribution in [0.1, 0.15) is 13.3 Å². The maximum absolute atomic E-state index is 12.8. The average molecular weight is 462 g/mol. The van der Waals surface area contributed by atoms with Crippen molar-refractivity contribution in [1.82, 2.24) is 10.2 Å². The van der Waals surface area contributed by atoms with E-state index in [-0.39, 0.29) is 4.90 Å². The summed E-state index contributed by atoms with van der Waals surface area (Å²) in [6.07, 6.45) is 0.895. The van der Waals surface area contributed by atoms with Crippen LogP contribution in [0.15, 0.2) is 95.9 Å². The number of rotatable bonds is 9. The Morgan fingerprint density at radius 2 is 1.48 bits per heavy atom. The molecule has 0 atom stereocenters. The fourth-order valence-electron chi connectivity index (χ4n) is 2.99. The first-order valence-electron chi connectivity index (χ1n) is 10.5. The molecule has 0 radical (unpaired) electrons. The molecule has 0 aliphatic rings. The largest absolute Gasteiger partial charge is 0.477 e. The summed E-state index contributed by atoms with van der Waals surface area (Å²) in [4.78, 5) is 0.139. The summed E-state index contributed by atoms with van der Waals surface area (Å²) >= 11 is 0. The Hall–Kier alpha value is -3.91. The minimum atomic E-state index is -3.75. The van der Waals surface area contributed by atoms with Crippen LogP contribution in [-0.2, 0) is 10.0 Å². The van der Waals surface area contributed by atoms with E-state index in [1.54, 1.807) is 42.5 Å². The lowest BCUT2D eigenvalue weighted by molar-refractivity contribution is 0.302. The van der Waals surface area contributed by atoms with Gasteiger partial charge < -0.3 is 9.47 Å². The lowest BCUT2D eigenvalue weighted by atomic mass is 10.1. The van der Waals surface area contributed by atoms with E-state index in [1.165, 1.54) is 12.1 Å². The van der Waals surface area contributed by atoms with Crippen molar-refractivity contribution in [2.75, 3.05) is 11.3 Å². The Bertz CT molecular complexity index is 1280. The second-order valence-corrected chi connectivity index (χ2v) is 8.86. The SMILES string of the molecule is CCCOc1ccc(-c2ccc(NS(=O)(=O)c3ccc(Oc4ccccc4)cc3)cc2)nn1. The maximum atomic E-state index is 12.8. The van der Waals surface area contributed by atoms with Crippen LogP contribution in [0.25, 0.3) is 11.3 Å². The van der Waals surface area contributed by atoms with E-state index >= 15 is 0 Å². The van der Waals surface area contributed by atoms with E-state index in [0.29, 0.717) is 35.4 Å². The van der Waals surface area contributed by atoms with Crippen LogP contribution < -0.4 is 14.2 Å². The summed E-state index contributed by atoms with van der Waals surface area (Å²) in [5.74, 6) is 1.71. The molecular weight excluding hydrogens is 438 g/mol. The second-order valence-electron chi connectivity index (χ2n) is 7.17. The maximum Gasteiger partial charge on any atom is 0.261 e. The van der Waals surface area contributed by atoms with E-state index in [9.17, 15) is 8.42 Å². The second kappa shape index (κ2) is 10.1. The van der Waals surface area contributed by atoms with Gasteiger partial charge in [0.2, 0.25) is 5.88 Å². The number of nitrogens with zero attached hydrogens (tertiary/aromatic N) is 2. The normalized spacial score (nSPS) is 11.1. The molecule has 4 aromatic rings. The van der Waals surface area contributed by atoms with Gasteiger partial charge in [0.25, 0.3) is 10.0 Å². The highest BCUT2D eigenvalue weighted by atomic mass is 32.2. The number of para-hydroxylation sites is 1. The van der Waals surface area contributed by atoms with Crippen molar-refractivity contribution in [2.45, 2.75) is 18.2 Å². The molecule has 0 spiro atoms. The van der Waals surface area contributed by atoms with Gasteiger partial charge in [0.05, 0.1) is 17.2 Å². The summed E-state index contributed by atoms with van der Waals surface area (Å²) in [5.41, 5.74) is 1.93. The van der Waals surface area contributed by atoms with Crippen LogP contribution in [0.3, 0.4) is 0 Å². The van der Waals surface area contributed by atoms with Gasteiger partial charge in [-0.3, -0.25) is 4.72 Å². The highest BCUT2D eigenvalue weighted by molar-refractivity contribution is 7.92. The van der Waals surface area contributed by atoms with Crippen LogP contribution >= 0.6 is 0 Å². The summed E-state index contributed by atoms with van der Waals surface area (Å²) in [6.45, 7) is 2.61. The minimum absolute atomic E-state index is 0.139. The predicted octanol–water partition coefficient (Wildman–Crippen LogP) is 5.53. The smallest absolute Gasteiger partial charge is 0.261 e. The number of benzene rings is 3. The van der Waals surface area contributed by atoms with Gasteiger partial charge in [-0.25, -0.2) is 8.42 Å². The number of anilines is 1. The van der Waals surface area contributed by atoms with E-state index < -0.39 is 10.0 Å². The van der Waals surface area contributed by atoms with Gasteiger partial charge >= 0.3 is 0 Å². The van der Waals surface area contributed by atoms with Gasteiger partial charge in [0, 0.05) is 17.3 Å². The zero-order valence-corrected chi connectivity index (χ0v) is 18.8. The molecule has 0 unspecified atom stereocenters. The zero-order chi connectivity index (χ0) is 23.1. The highest BCUT2D eigenvalue weighted by Crippen LogP contribution is 2.25. The van der Waals surface area contributed by atoms with Gasteiger partial charge in [-0.15, -0.1) is 10.2 Å². The third kappa shape index (κ3) is 5.87. The van der Waals surface area contributed by atoms with Crippen molar-refractivity contribution in [3.05, 3.63) is 91.0 Å². The van der Waals surface area contributed by atoms with E-state index in [2.05, 4.69) is 14.9 Å². The van der Waals surface area contributed by atoms with Crippen LogP contribution in [0, 0.1) is 0 Å². The molecule has 1 aromatic heterocycles. The first-order chi connectivity index (χ1) is 16.0. The molecule has 33 heavy (non-hydrogen) atoms. The van der Waals surface area contributed by atoms with Crippen LogP contribution in [0.5, 0.6) is 17.4 Å². The molecule has 168 valence electrons. The first kappa shape index (κ1) is 22.3. The summed E-state index contributed by atoms with van der Waals surface area (Å²) in [7, 11) is -3.75. The molecule has 1 N–H and O–H groups in total. The van der Waals surface area contributed by atoms with E-state index in [4.69, 9.17) is 9.47 Å². The molecular formula is C25H23N3O4S. The predicted molar refractivity (Wildman–Crippen MR) is 127 cm³/mol.